The third kappa shape index (κ3) is 9.37. The summed E-state index contributed by atoms with van der Waals surface area (Å²) in [4.78, 5) is 0. The van der Waals surface area contributed by atoms with Gasteiger partial charge in [0.2, 0.25) is 0 Å². The largest absolute Gasteiger partial charge is 0.330 e. The lowest BCUT2D eigenvalue weighted by Crippen LogP contribution is -1.97. The Kier molecular flexibility index (Phi) is 9.51. The molecular formula is C6H14ClN. The number of halogens is 1. The fraction of sp³-hybridized carbons (Fsp3) is 0.667. The van der Waals surface area contributed by atoms with Crippen molar-refractivity contribution in [2.75, 3.05) is 6.54 Å². The van der Waals surface area contributed by atoms with E-state index in [1.807, 2.05) is 6.92 Å². The molecule has 0 saturated carbocycles. The summed E-state index contributed by atoms with van der Waals surface area (Å²) in [6, 6.07) is 0. The molecule has 0 aliphatic rings. The van der Waals surface area contributed by atoms with Gasteiger partial charge in [-0.2, -0.15) is 0 Å². The van der Waals surface area contributed by atoms with Gasteiger partial charge in [-0.3, -0.25) is 0 Å². The summed E-state index contributed by atoms with van der Waals surface area (Å²) in [7, 11) is 0. The molecule has 1 nitrogen and oxygen atoms in total. The zero-order valence-corrected chi connectivity index (χ0v) is 6.13. The third-order valence-electron chi connectivity index (χ3n) is 0.808. The monoisotopic (exact) mass is 135 g/mol. The third-order valence-corrected chi connectivity index (χ3v) is 0.808. The molecule has 0 aromatic carbocycles. The molecule has 0 bridgehead atoms. The Morgan fingerprint density at radius 1 is 1.62 bits per heavy atom. The van der Waals surface area contributed by atoms with E-state index in [9.17, 15) is 0 Å². The average molecular weight is 136 g/mol. The Hall–Kier alpha value is -0.0100. The lowest BCUT2D eigenvalue weighted by molar-refractivity contribution is 0.826. The van der Waals surface area contributed by atoms with E-state index < -0.39 is 0 Å². The molecule has 0 aromatic rings. The van der Waals surface area contributed by atoms with Gasteiger partial charge in [-0.25, -0.2) is 0 Å². The fourth-order valence-electron chi connectivity index (χ4n) is 0.404. The van der Waals surface area contributed by atoms with Crippen LogP contribution in [-0.4, -0.2) is 6.54 Å². The summed E-state index contributed by atoms with van der Waals surface area (Å²) in [6.45, 7) is 6.55. The molecule has 0 heterocycles. The number of hydrogen-bond acceptors (Lipinski definition) is 1. The van der Waals surface area contributed by atoms with Gasteiger partial charge >= 0.3 is 0 Å². The highest BCUT2D eigenvalue weighted by Crippen LogP contribution is 1.96. The van der Waals surface area contributed by atoms with E-state index in [2.05, 4.69) is 6.58 Å². The first-order chi connectivity index (χ1) is 3.27. The van der Waals surface area contributed by atoms with Crippen molar-refractivity contribution in [2.24, 2.45) is 5.73 Å². The van der Waals surface area contributed by atoms with Gasteiger partial charge in [-0.05, 0) is 26.3 Å². The maximum Gasteiger partial charge on any atom is -0.00742 e. The maximum absolute atomic E-state index is 5.24. The second-order valence-electron chi connectivity index (χ2n) is 1.85. The molecule has 50 valence electrons. The van der Waals surface area contributed by atoms with Crippen LogP contribution in [0.3, 0.4) is 0 Å². The molecule has 0 aromatic heterocycles. The quantitative estimate of drug-likeness (QED) is 0.586. The average Bonchev–Trinajstić information content (AvgIpc) is 1.61. The summed E-state index contributed by atoms with van der Waals surface area (Å²) in [5, 5.41) is 0. The van der Waals surface area contributed by atoms with Gasteiger partial charge in [0.25, 0.3) is 0 Å². The number of hydrogen-bond donors (Lipinski definition) is 1. The van der Waals surface area contributed by atoms with Gasteiger partial charge in [-0.1, -0.05) is 5.57 Å². The van der Waals surface area contributed by atoms with Gasteiger partial charge in [-0.15, -0.1) is 19.0 Å². The zero-order chi connectivity index (χ0) is 5.70. The minimum absolute atomic E-state index is 0. The highest BCUT2D eigenvalue weighted by atomic mass is 35.5. The molecule has 0 atom stereocenters. The Bertz CT molecular complexity index is 61.5. The van der Waals surface area contributed by atoms with Crippen molar-refractivity contribution in [3.8, 4) is 0 Å². The number of allylic oxidation sites excluding steroid dienone is 1. The van der Waals surface area contributed by atoms with Crippen molar-refractivity contribution in [2.45, 2.75) is 19.8 Å². The topological polar surface area (TPSA) is 26.0 Å². The molecular weight excluding hydrogens is 122 g/mol. The first kappa shape index (κ1) is 10.9. The molecule has 8 heavy (non-hydrogen) atoms. The van der Waals surface area contributed by atoms with Crippen LogP contribution in [0.25, 0.3) is 0 Å². The second-order valence-corrected chi connectivity index (χ2v) is 1.85. The first-order valence-corrected chi connectivity index (χ1v) is 2.62. The molecule has 0 radical (unpaired) electrons. The molecule has 0 spiro atoms. The van der Waals surface area contributed by atoms with Crippen molar-refractivity contribution in [3.05, 3.63) is 12.2 Å². The molecule has 0 aliphatic heterocycles. The summed E-state index contributed by atoms with van der Waals surface area (Å²) in [5.74, 6) is 0. The van der Waals surface area contributed by atoms with Crippen molar-refractivity contribution >= 4 is 12.4 Å². The molecule has 2 heteroatoms. The molecule has 0 unspecified atom stereocenters. The molecule has 0 fully saturated rings. The van der Waals surface area contributed by atoms with Gasteiger partial charge in [0, 0.05) is 0 Å². The van der Waals surface area contributed by atoms with Crippen LogP contribution in [0.4, 0.5) is 0 Å². The fourth-order valence-corrected chi connectivity index (χ4v) is 0.404. The van der Waals surface area contributed by atoms with Gasteiger partial charge < -0.3 is 5.73 Å². The normalized spacial score (nSPS) is 7.75. The Morgan fingerprint density at radius 2 is 2.12 bits per heavy atom. The Balaban J connectivity index is 0. The minimum atomic E-state index is 0. The lowest BCUT2D eigenvalue weighted by atomic mass is 10.2. The SMILES string of the molecule is C=C(C)CCCN.Cl. The van der Waals surface area contributed by atoms with Crippen LogP contribution in [0.2, 0.25) is 0 Å². The van der Waals surface area contributed by atoms with Crippen molar-refractivity contribution in [3.63, 3.8) is 0 Å². The van der Waals surface area contributed by atoms with Crippen LogP contribution in [0.5, 0.6) is 0 Å². The Labute approximate surface area is 57.4 Å². The first-order valence-electron chi connectivity index (χ1n) is 2.62. The van der Waals surface area contributed by atoms with Crippen LogP contribution in [0, 0.1) is 0 Å². The summed E-state index contributed by atoms with van der Waals surface area (Å²) >= 11 is 0. The van der Waals surface area contributed by atoms with Crippen LogP contribution >= 0.6 is 12.4 Å². The van der Waals surface area contributed by atoms with Gasteiger partial charge in [0.1, 0.15) is 0 Å². The maximum atomic E-state index is 5.24. The summed E-state index contributed by atoms with van der Waals surface area (Å²) < 4.78 is 0. The van der Waals surface area contributed by atoms with E-state index in [0.717, 1.165) is 19.4 Å². The van der Waals surface area contributed by atoms with Crippen LogP contribution in [-0.2, 0) is 0 Å². The predicted molar refractivity (Wildman–Crippen MR) is 40.4 cm³/mol. The number of rotatable bonds is 3. The lowest BCUT2D eigenvalue weighted by Gasteiger charge is -1.92. The van der Waals surface area contributed by atoms with Crippen molar-refractivity contribution in [1.29, 1.82) is 0 Å². The van der Waals surface area contributed by atoms with E-state index in [-0.39, 0.29) is 12.4 Å². The molecule has 0 saturated heterocycles. The smallest absolute Gasteiger partial charge is 0.00742 e. The highest BCUT2D eigenvalue weighted by Gasteiger charge is 1.81. The molecule has 0 amide bonds. The summed E-state index contributed by atoms with van der Waals surface area (Å²) in [5.41, 5.74) is 6.46. The van der Waals surface area contributed by atoms with E-state index in [1.54, 1.807) is 0 Å². The second kappa shape index (κ2) is 6.99. The van der Waals surface area contributed by atoms with E-state index in [4.69, 9.17) is 5.73 Å². The van der Waals surface area contributed by atoms with Crippen LogP contribution in [0.15, 0.2) is 12.2 Å². The van der Waals surface area contributed by atoms with Crippen molar-refractivity contribution in [1.82, 2.24) is 0 Å². The van der Waals surface area contributed by atoms with E-state index >= 15 is 0 Å². The molecule has 0 rings (SSSR count). The molecule has 2 N–H and O–H groups in total. The predicted octanol–water partition coefficient (Wildman–Crippen LogP) is 1.72. The summed E-state index contributed by atoms with van der Waals surface area (Å²) in [6.07, 6.45) is 2.16. The minimum Gasteiger partial charge on any atom is -0.330 e. The van der Waals surface area contributed by atoms with Gasteiger partial charge in [0.05, 0.1) is 0 Å². The van der Waals surface area contributed by atoms with Crippen LogP contribution in [0.1, 0.15) is 19.8 Å². The van der Waals surface area contributed by atoms with Crippen molar-refractivity contribution < 1.29 is 0 Å². The number of nitrogens with two attached hydrogens (primary N) is 1. The highest BCUT2D eigenvalue weighted by molar-refractivity contribution is 5.85. The standard InChI is InChI=1S/C6H13N.ClH/c1-6(2)4-3-5-7;/h1,3-5,7H2,2H3;1H. The molecule has 0 aliphatic carbocycles. The zero-order valence-electron chi connectivity index (χ0n) is 5.31. The van der Waals surface area contributed by atoms with E-state index in [0.29, 0.717) is 0 Å². The van der Waals surface area contributed by atoms with Gasteiger partial charge in [0.15, 0.2) is 0 Å². The van der Waals surface area contributed by atoms with Crippen LogP contribution < -0.4 is 5.73 Å². The van der Waals surface area contributed by atoms with E-state index in [1.165, 1.54) is 5.57 Å². The Morgan fingerprint density at radius 3 is 2.25 bits per heavy atom.